The molecule has 0 spiro atoms. The van der Waals surface area contributed by atoms with Gasteiger partial charge in [-0.2, -0.15) is 4.98 Å². The molecule has 45 heavy (non-hydrogen) atoms. The van der Waals surface area contributed by atoms with Crippen LogP contribution >= 0.6 is 0 Å². The van der Waals surface area contributed by atoms with Gasteiger partial charge in [0.2, 0.25) is 22.6 Å². The third-order valence-corrected chi connectivity index (χ3v) is 23.3. The molecular formula is C32H51N5O6Si2. The fraction of sp³-hybridized carbons (Fsp3) is 0.656. The summed E-state index contributed by atoms with van der Waals surface area (Å²) >= 11 is 0. The van der Waals surface area contributed by atoms with Crippen molar-refractivity contribution in [1.82, 2.24) is 19.9 Å². The minimum absolute atomic E-state index is 0.0358. The van der Waals surface area contributed by atoms with Gasteiger partial charge in [0.15, 0.2) is 11.2 Å². The average molecular weight is 658 g/mol. The van der Waals surface area contributed by atoms with Gasteiger partial charge in [0.1, 0.15) is 35.1 Å². The molecule has 6 N–H and O–H groups in total. The molecule has 0 aliphatic carbocycles. The lowest BCUT2D eigenvalue weighted by atomic mass is 10.1. The number of anilines is 2. The largest absolute Gasteiger partial charge is 0.451 e. The first-order valence-electron chi connectivity index (χ1n) is 16.4. The summed E-state index contributed by atoms with van der Waals surface area (Å²) in [7, 11) is -6.27. The van der Waals surface area contributed by atoms with Gasteiger partial charge in [0.05, 0.1) is 0 Å². The lowest BCUT2D eigenvalue weighted by Gasteiger charge is -2.63. The van der Waals surface area contributed by atoms with Gasteiger partial charge in [0.25, 0.3) is 5.56 Å². The number of aryl methyl sites for hydroxylation is 1. The number of ether oxygens (including phenoxy) is 1. The molecule has 11 nitrogen and oxygen atoms in total. The second-order valence-corrected chi connectivity index (χ2v) is 24.3. The van der Waals surface area contributed by atoms with Crippen molar-refractivity contribution >= 4 is 39.4 Å². The summed E-state index contributed by atoms with van der Waals surface area (Å²) in [5.74, 6) is 0.395. The molecule has 2 aliphatic heterocycles. The Morgan fingerprint density at radius 2 is 1.58 bits per heavy atom. The Hall–Kier alpha value is -2.40. The predicted molar refractivity (Wildman–Crippen MR) is 180 cm³/mol. The van der Waals surface area contributed by atoms with Gasteiger partial charge in [-0.3, -0.25) is 9.78 Å². The van der Waals surface area contributed by atoms with Gasteiger partial charge in [-0.05, 0) is 52.7 Å². The molecular weight excluding hydrogens is 607 g/mol. The van der Waals surface area contributed by atoms with E-state index in [1.54, 1.807) is 0 Å². The summed E-state index contributed by atoms with van der Waals surface area (Å²) in [6, 6.07) is 7.99. The van der Waals surface area contributed by atoms with E-state index in [2.05, 4.69) is 72.0 Å². The topological polar surface area (TPSA) is 166 Å². The summed E-state index contributed by atoms with van der Waals surface area (Å²) in [6.45, 7) is 18.6. The van der Waals surface area contributed by atoms with E-state index in [1.807, 2.05) is 39.8 Å². The van der Waals surface area contributed by atoms with E-state index in [0.29, 0.717) is 0 Å². The number of hydrogen-bond acceptors (Lipinski definition) is 9. The number of aliphatic hydroxyl groups excluding tert-OH is 2. The number of imidazole rings is 1. The van der Waals surface area contributed by atoms with Gasteiger partial charge < -0.3 is 34.5 Å². The number of aromatic amines is 2. The molecule has 0 radical (unpaired) electrons. The molecule has 0 amide bonds. The molecule has 4 heterocycles. The highest BCUT2D eigenvalue weighted by Gasteiger charge is 2.79. The summed E-state index contributed by atoms with van der Waals surface area (Å²) in [4.78, 5) is 28.0. The highest BCUT2D eigenvalue weighted by molar-refractivity contribution is 6.93. The summed E-state index contributed by atoms with van der Waals surface area (Å²) in [6.07, 6.45) is -0.394. The number of rotatable bonds is 10. The zero-order valence-electron chi connectivity index (χ0n) is 28.0. The van der Waals surface area contributed by atoms with Crippen LogP contribution in [0.1, 0.15) is 92.6 Å². The van der Waals surface area contributed by atoms with Crippen LogP contribution < -0.4 is 10.9 Å². The number of aromatic nitrogens is 4. The van der Waals surface area contributed by atoms with Crippen molar-refractivity contribution < 1.29 is 24.2 Å². The summed E-state index contributed by atoms with van der Waals surface area (Å²) in [5, 5.41) is 38.1. The lowest BCUT2D eigenvalue weighted by molar-refractivity contribution is -0.0871. The van der Waals surface area contributed by atoms with Crippen molar-refractivity contribution in [1.29, 1.82) is 0 Å². The maximum absolute atomic E-state index is 13.1. The molecule has 2 fully saturated rings. The Labute approximate surface area is 267 Å². The van der Waals surface area contributed by atoms with Crippen LogP contribution in [0.2, 0.25) is 22.2 Å². The van der Waals surface area contributed by atoms with E-state index in [0.717, 1.165) is 24.9 Å². The predicted octanol–water partition coefficient (Wildman–Crippen LogP) is 5.26. The van der Waals surface area contributed by atoms with Crippen LogP contribution in [0.3, 0.4) is 0 Å². The second kappa shape index (κ2) is 12.3. The second-order valence-electron chi connectivity index (χ2n) is 14.2. The maximum Gasteiger partial charge on any atom is 0.278 e. The molecule has 3 aromatic rings. The molecule has 5 atom stereocenters. The van der Waals surface area contributed by atoms with Crippen LogP contribution in [0.15, 0.2) is 29.1 Å². The minimum Gasteiger partial charge on any atom is -0.451 e. The van der Waals surface area contributed by atoms with Crippen LogP contribution in [0.4, 0.5) is 11.6 Å². The van der Waals surface area contributed by atoms with E-state index < -0.39 is 51.5 Å². The van der Waals surface area contributed by atoms with Crippen molar-refractivity contribution in [2.24, 2.45) is 0 Å². The smallest absolute Gasteiger partial charge is 0.278 e. The van der Waals surface area contributed by atoms with Crippen molar-refractivity contribution in [3.05, 3.63) is 46.0 Å². The molecule has 248 valence electrons. The van der Waals surface area contributed by atoms with Crippen molar-refractivity contribution in [2.75, 3.05) is 5.32 Å². The highest BCUT2D eigenvalue weighted by Crippen LogP contribution is 2.60. The van der Waals surface area contributed by atoms with Crippen LogP contribution in [-0.2, 0) is 15.3 Å². The standard InChI is InChI=1S/C32H51N5O6Si2/c1-10-11-12-21-13-15-22(16-14-21)33-31-36-27-23(29(39)37-31)34-28(35-27)24-25(38)32(41)26(42-24)30(40)44(17(2)3,18(4)5)43-45(32,19(6)7)20(8)9/h13-20,24-26,30,38,40-41H,10-12H2,1-9H3,(H3,33,34,35,36,37,39)/t24?,25-,26+,30?,32+/m0/s1. The fourth-order valence-corrected chi connectivity index (χ4v) is 23.6. The third kappa shape index (κ3) is 5.15. The van der Waals surface area contributed by atoms with E-state index in [-0.39, 0.29) is 45.1 Å². The van der Waals surface area contributed by atoms with Gasteiger partial charge >= 0.3 is 0 Å². The Morgan fingerprint density at radius 3 is 2.13 bits per heavy atom. The van der Waals surface area contributed by atoms with Crippen molar-refractivity contribution in [3.63, 3.8) is 0 Å². The Morgan fingerprint density at radius 1 is 0.956 bits per heavy atom. The zero-order chi connectivity index (χ0) is 33.1. The van der Waals surface area contributed by atoms with E-state index in [1.165, 1.54) is 5.56 Å². The van der Waals surface area contributed by atoms with Crippen LogP contribution in [0.5, 0.6) is 0 Å². The van der Waals surface area contributed by atoms with Gasteiger partial charge in [-0.25, -0.2) is 4.98 Å². The van der Waals surface area contributed by atoms with E-state index in [4.69, 9.17) is 8.85 Å². The van der Waals surface area contributed by atoms with E-state index in [9.17, 15) is 20.1 Å². The number of nitrogens with one attached hydrogen (secondary N) is 3. The monoisotopic (exact) mass is 657 g/mol. The Balaban J connectivity index is 1.53. The first kappa shape index (κ1) is 34.0. The number of aliphatic hydroxyl groups is 3. The Kier molecular flexibility index (Phi) is 9.30. The van der Waals surface area contributed by atoms with Crippen LogP contribution in [0, 0.1) is 0 Å². The molecule has 0 bridgehead atoms. The van der Waals surface area contributed by atoms with Gasteiger partial charge in [-0.15, -0.1) is 0 Å². The summed E-state index contributed by atoms with van der Waals surface area (Å²) in [5.41, 5.74) is 0.660. The lowest BCUT2D eigenvalue weighted by Crippen LogP contribution is -2.84. The van der Waals surface area contributed by atoms with Crippen molar-refractivity contribution in [2.45, 2.75) is 133 Å². The maximum atomic E-state index is 13.1. The molecule has 2 saturated heterocycles. The number of hydrogen-bond donors (Lipinski definition) is 6. The third-order valence-electron chi connectivity index (χ3n) is 10.4. The highest BCUT2D eigenvalue weighted by atomic mass is 28.4. The quantitative estimate of drug-likeness (QED) is 0.159. The summed E-state index contributed by atoms with van der Waals surface area (Å²) < 4.78 is 13.8. The van der Waals surface area contributed by atoms with Crippen molar-refractivity contribution in [3.8, 4) is 0 Å². The first-order valence-corrected chi connectivity index (χ1v) is 20.6. The number of benzene rings is 1. The molecule has 2 unspecified atom stereocenters. The number of nitrogens with zero attached hydrogens (tertiary/aromatic N) is 2. The fourth-order valence-electron chi connectivity index (χ4n) is 8.19. The zero-order valence-corrected chi connectivity index (χ0v) is 30.0. The molecule has 5 rings (SSSR count). The molecule has 0 saturated carbocycles. The molecule has 13 heteroatoms. The number of unbranched alkanes of at least 4 members (excludes halogenated alkanes) is 1. The Bertz CT molecular complexity index is 1540. The van der Waals surface area contributed by atoms with Gasteiger partial charge in [-0.1, -0.05) is 80.9 Å². The van der Waals surface area contributed by atoms with E-state index >= 15 is 0 Å². The van der Waals surface area contributed by atoms with Gasteiger partial charge in [0, 0.05) is 5.69 Å². The molecule has 2 aromatic heterocycles. The molecule has 1 aromatic carbocycles. The normalized spacial score (nSPS) is 27.6. The minimum atomic E-state index is -3.30. The van der Waals surface area contributed by atoms with Crippen LogP contribution in [0.25, 0.3) is 11.2 Å². The SMILES string of the molecule is CCCCc1ccc(Nc2nc3nc(C4O[C@@H]5C(O)[Si](C(C)C)(C(C)C)O[Si](C(C)C)(C(C)C)[C@]5(O)[C@H]4O)[nH]c3c(=O)[nH]2)cc1. The number of H-pyrrole nitrogens is 2. The molecule has 2 aliphatic rings. The van der Waals surface area contributed by atoms with Crippen LogP contribution in [-0.4, -0.2) is 75.0 Å². The average Bonchev–Trinajstić information content (AvgIpc) is 3.52. The first-order chi connectivity index (χ1) is 21.1. The number of fused-ring (bicyclic) bond motifs is 2.